The van der Waals surface area contributed by atoms with Crippen LogP contribution in [0.4, 0.5) is 0 Å². The summed E-state index contributed by atoms with van der Waals surface area (Å²) in [5.41, 5.74) is 2.31. The molecule has 0 spiro atoms. The fraction of sp³-hybridized carbons (Fsp3) is 0.286. The molecule has 0 aliphatic rings. The normalized spacial score (nSPS) is 12.0. The summed E-state index contributed by atoms with van der Waals surface area (Å²) in [6.45, 7) is 2.19. The lowest BCUT2D eigenvalue weighted by Gasteiger charge is -2.22. The number of hydrogen-bond donors (Lipinski definition) is 0. The predicted octanol–water partition coefficient (Wildman–Crippen LogP) is 3.15. The van der Waals surface area contributed by atoms with E-state index >= 15 is 0 Å². The van der Waals surface area contributed by atoms with E-state index in [1.54, 1.807) is 12.7 Å². The van der Waals surface area contributed by atoms with Crippen LogP contribution in [0.1, 0.15) is 13.1 Å². The van der Waals surface area contributed by atoms with E-state index in [2.05, 4.69) is 71.1 Å². The predicted molar refractivity (Wildman–Crippen MR) is 89.7 cm³/mol. The van der Waals surface area contributed by atoms with Crippen LogP contribution in [0.5, 0.6) is 0 Å². The van der Waals surface area contributed by atoms with E-state index in [0.717, 1.165) is 5.69 Å². The summed E-state index contributed by atoms with van der Waals surface area (Å²) in [6.07, 6.45) is 5.88. The van der Waals surface area contributed by atoms with E-state index in [9.17, 15) is 0 Å². The van der Waals surface area contributed by atoms with E-state index in [-0.39, 0.29) is 24.8 Å². The van der Waals surface area contributed by atoms with Gasteiger partial charge in [-0.3, -0.25) is 9.47 Å². The molecule has 0 radical (unpaired) electrons. The number of hydrogen-bond acceptors (Lipinski definition) is 3. The number of rotatable bonds is 3. The third-order valence-corrected chi connectivity index (χ3v) is 3.57. The van der Waals surface area contributed by atoms with E-state index in [1.807, 2.05) is 4.57 Å². The fourth-order valence-corrected chi connectivity index (χ4v) is 2.22. The maximum atomic E-state index is 3.84. The molecule has 7 heteroatoms. The molecular formula is C14H19Cl2N5. The summed E-state index contributed by atoms with van der Waals surface area (Å²) in [6, 6.07) is 8.52. The molecule has 1 aromatic carbocycles. The second-order valence-electron chi connectivity index (χ2n) is 4.93. The van der Waals surface area contributed by atoms with Gasteiger partial charge in [0.15, 0.2) is 0 Å². The average molecular weight is 328 g/mol. The van der Waals surface area contributed by atoms with Gasteiger partial charge in [0.1, 0.15) is 12.7 Å². The van der Waals surface area contributed by atoms with Gasteiger partial charge in [-0.1, -0.05) is 0 Å². The van der Waals surface area contributed by atoms with Crippen molar-refractivity contribution in [2.75, 3.05) is 14.1 Å². The highest BCUT2D eigenvalue weighted by atomic mass is 35.5. The van der Waals surface area contributed by atoms with Crippen molar-refractivity contribution in [2.24, 2.45) is 0 Å². The number of halogens is 2. The molecular weight excluding hydrogens is 309 g/mol. The number of aromatic nitrogens is 4. The second-order valence-corrected chi connectivity index (χ2v) is 4.93. The Kier molecular flexibility index (Phi) is 5.78. The lowest BCUT2D eigenvalue weighted by Crippen LogP contribution is -2.22. The second kappa shape index (κ2) is 6.93. The number of fused-ring (bicyclic) bond motifs is 1. The SMILES string of the molecule is CC(N(C)C)n1ccc2cc(-n3cnnc3)ccc21.Cl.Cl. The summed E-state index contributed by atoms with van der Waals surface area (Å²) in [4.78, 5) is 2.19. The lowest BCUT2D eigenvalue weighted by atomic mass is 10.2. The van der Waals surface area contributed by atoms with E-state index in [4.69, 9.17) is 0 Å². The Balaban J connectivity index is 0.00000110. The molecule has 0 fully saturated rings. The van der Waals surface area contributed by atoms with Gasteiger partial charge in [0.2, 0.25) is 0 Å². The van der Waals surface area contributed by atoms with Crippen LogP contribution in [0, 0.1) is 0 Å². The molecule has 1 unspecified atom stereocenters. The van der Waals surface area contributed by atoms with Crippen molar-refractivity contribution in [3.8, 4) is 5.69 Å². The standard InChI is InChI=1S/C14H17N5.2ClH/c1-11(17(2)3)19-7-6-12-8-13(4-5-14(12)19)18-9-15-16-10-18;;/h4-11H,1-3H3;2*1H. The van der Waals surface area contributed by atoms with E-state index in [1.165, 1.54) is 10.9 Å². The van der Waals surface area contributed by atoms with Gasteiger partial charge in [-0.2, -0.15) is 0 Å². The van der Waals surface area contributed by atoms with Crippen LogP contribution < -0.4 is 0 Å². The average Bonchev–Trinajstić information content (AvgIpc) is 3.06. The summed E-state index contributed by atoms with van der Waals surface area (Å²) >= 11 is 0. The Bertz CT molecular complexity index is 691. The highest BCUT2D eigenvalue weighted by molar-refractivity contribution is 5.85. The molecule has 0 aliphatic heterocycles. The Hall–Kier alpha value is -1.56. The van der Waals surface area contributed by atoms with Gasteiger partial charge < -0.3 is 4.57 Å². The highest BCUT2D eigenvalue weighted by Gasteiger charge is 2.10. The molecule has 2 heterocycles. The van der Waals surface area contributed by atoms with Crippen LogP contribution in [0.3, 0.4) is 0 Å². The van der Waals surface area contributed by atoms with E-state index in [0.29, 0.717) is 6.17 Å². The van der Waals surface area contributed by atoms with Crippen molar-refractivity contribution >= 4 is 35.7 Å². The van der Waals surface area contributed by atoms with Crippen LogP contribution in [0.25, 0.3) is 16.6 Å². The van der Waals surface area contributed by atoms with Crippen molar-refractivity contribution in [1.82, 2.24) is 24.2 Å². The first kappa shape index (κ1) is 17.5. The van der Waals surface area contributed by atoms with Crippen LogP contribution >= 0.6 is 24.8 Å². The zero-order chi connectivity index (χ0) is 13.4. The first-order valence-electron chi connectivity index (χ1n) is 6.29. The van der Waals surface area contributed by atoms with Crippen LogP contribution in [-0.4, -0.2) is 38.3 Å². The van der Waals surface area contributed by atoms with Crippen LogP contribution in [0.2, 0.25) is 0 Å². The molecule has 0 bridgehead atoms. The lowest BCUT2D eigenvalue weighted by molar-refractivity contribution is 0.244. The minimum absolute atomic E-state index is 0. The minimum Gasteiger partial charge on any atom is -0.332 e. The Morgan fingerprint density at radius 3 is 2.33 bits per heavy atom. The highest BCUT2D eigenvalue weighted by Crippen LogP contribution is 2.23. The molecule has 0 N–H and O–H groups in total. The van der Waals surface area contributed by atoms with Gasteiger partial charge >= 0.3 is 0 Å². The molecule has 0 aliphatic carbocycles. The Morgan fingerprint density at radius 2 is 1.71 bits per heavy atom. The van der Waals surface area contributed by atoms with Crippen molar-refractivity contribution in [2.45, 2.75) is 13.1 Å². The molecule has 1 atom stereocenters. The minimum atomic E-state index is 0. The smallest absolute Gasteiger partial charge is 0.123 e. The van der Waals surface area contributed by atoms with Crippen molar-refractivity contribution in [3.05, 3.63) is 43.1 Å². The molecule has 5 nitrogen and oxygen atoms in total. The maximum Gasteiger partial charge on any atom is 0.123 e. The molecule has 21 heavy (non-hydrogen) atoms. The number of benzene rings is 1. The monoisotopic (exact) mass is 327 g/mol. The molecule has 3 rings (SSSR count). The first-order valence-corrected chi connectivity index (χ1v) is 6.29. The summed E-state index contributed by atoms with van der Waals surface area (Å²) in [5, 5.41) is 8.89. The zero-order valence-corrected chi connectivity index (χ0v) is 13.8. The molecule has 2 aromatic heterocycles. The Morgan fingerprint density at radius 1 is 1.05 bits per heavy atom. The van der Waals surface area contributed by atoms with Gasteiger partial charge in [0.25, 0.3) is 0 Å². The zero-order valence-electron chi connectivity index (χ0n) is 12.2. The molecule has 0 saturated carbocycles. The molecule has 114 valence electrons. The van der Waals surface area contributed by atoms with Crippen LogP contribution in [0.15, 0.2) is 43.1 Å². The Labute approximate surface area is 136 Å². The largest absolute Gasteiger partial charge is 0.332 e. The maximum absolute atomic E-state index is 3.84. The fourth-order valence-electron chi connectivity index (χ4n) is 2.22. The topological polar surface area (TPSA) is 38.9 Å². The summed E-state index contributed by atoms with van der Waals surface area (Å²) in [7, 11) is 4.17. The third-order valence-electron chi connectivity index (χ3n) is 3.57. The first-order chi connectivity index (χ1) is 9.16. The van der Waals surface area contributed by atoms with Crippen molar-refractivity contribution < 1.29 is 0 Å². The summed E-state index contributed by atoms with van der Waals surface area (Å²) < 4.78 is 4.18. The van der Waals surface area contributed by atoms with Crippen molar-refractivity contribution in [1.29, 1.82) is 0 Å². The number of nitrogens with zero attached hydrogens (tertiary/aromatic N) is 5. The van der Waals surface area contributed by atoms with Gasteiger partial charge in [-0.25, -0.2) is 0 Å². The van der Waals surface area contributed by atoms with Gasteiger partial charge in [0, 0.05) is 22.8 Å². The van der Waals surface area contributed by atoms with Gasteiger partial charge in [-0.05, 0) is 45.3 Å². The quantitative estimate of drug-likeness (QED) is 0.741. The summed E-state index contributed by atoms with van der Waals surface area (Å²) in [5.74, 6) is 0. The van der Waals surface area contributed by atoms with E-state index < -0.39 is 0 Å². The molecule has 0 amide bonds. The molecule has 3 aromatic rings. The van der Waals surface area contributed by atoms with Crippen LogP contribution in [-0.2, 0) is 0 Å². The molecule has 0 saturated heterocycles. The van der Waals surface area contributed by atoms with Crippen molar-refractivity contribution in [3.63, 3.8) is 0 Å². The van der Waals surface area contributed by atoms with Gasteiger partial charge in [-0.15, -0.1) is 35.0 Å². The van der Waals surface area contributed by atoms with Gasteiger partial charge in [0.05, 0.1) is 6.17 Å². The third kappa shape index (κ3) is 3.20.